The Morgan fingerprint density at radius 2 is 2.06 bits per heavy atom. The Balaban J connectivity index is 0.000000771. The van der Waals surface area contributed by atoms with Crippen molar-refractivity contribution in [2.24, 2.45) is 0 Å². The van der Waals surface area contributed by atoms with Gasteiger partial charge in [0.25, 0.3) is 0 Å². The minimum absolute atomic E-state index is 0.226. The van der Waals surface area contributed by atoms with Gasteiger partial charge in [0.2, 0.25) is 0 Å². The number of aromatic nitrogens is 2. The van der Waals surface area contributed by atoms with Crippen LogP contribution >= 0.6 is 12.2 Å². The van der Waals surface area contributed by atoms with Crippen molar-refractivity contribution in [2.45, 2.75) is 27.2 Å². The van der Waals surface area contributed by atoms with E-state index in [0.29, 0.717) is 18.9 Å². The maximum Gasteiger partial charge on any atom is 0.314 e. The number of H-pyrrole nitrogens is 1. The van der Waals surface area contributed by atoms with Gasteiger partial charge in [-0.05, 0) is 25.2 Å². The van der Waals surface area contributed by atoms with Crippen LogP contribution in [0.25, 0.3) is 0 Å². The number of hydrogen-bond acceptors (Lipinski definition) is 4. The molecule has 0 spiro atoms. The molecular weight excluding hydrogens is 248 g/mol. The molecule has 0 saturated carbocycles. The van der Waals surface area contributed by atoms with Gasteiger partial charge in [0.05, 0.1) is 6.61 Å². The van der Waals surface area contributed by atoms with Crippen LogP contribution in [0.3, 0.4) is 0 Å². The molecular formula is C13H18N2O2S. The summed E-state index contributed by atoms with van der Waals surface area (Å²) in [5.74, 6) is 1.57. The monoisotopic (exact) mass is 266 g/mol. The van der Waals surface area contributed by atoms with E-state index in [9.17, 15) is 0 Å². The zero-order valence-corrected chi connectivity index (χ0v) is 11.7. The molecule has 0 aliphatic carbocycles. The molecule has 0 bridgehead atoms. The van der Waals surface area contributed by atoms with Crippen LogP contribution in [0.2, 0.25) is 0 Å². The number of para-hydroxylation sites is 1. The van der Waals surface area contributed by atoms with Gasteiger partial charge < -0.3 is 9.26 Å². The van der Waals surface area contributed by atoms with E-state index in [1.54, 1.807) is 0 Å². The maximum absolute atomic E-state index is 5.52. The predicted octanol–water partition coefficient (Wildman–Crippen LogP) is 3.75. The Morgan fingerprint density at radius 1 is 1.33 bits per heavy atom. The topological polar surface area (TPSA) is 51.1 Å². The first-order chi connectivity index (χ1) is 8.79. The lowest BCUT2D eigenvalue weighted by Crippen LogP contribution is -1.98. The molecule has 0 unspecified atom stereocenters. The van der Waals surface area contributed by atoms with Crippen molar-refractivity contribution in [3.63, 3.8) is 0 Å². The molecule has 2 rings (SSSR count). The van der Waals surface area contributed by atoms with E-state index in [-0.39, 0.29) is 4.84 Å². The van der Waals surface area contributed by atoms with Gasteiger partial charge in [-0.2, -0.15) is 4.98 Å². The largest absolute Gasteiger partial charge is 0.494 e. The first-order valence-corrected chi connectivity index (χ1v) is 6.45. The summed E-state index contributed by atoms with van der Waals surface area (Å²) in [7, 11) is 0. The Morgan fingerprint density at radius 3 is 2.67 bits per heavy atom. The number of nitrogens with zero attached hydrogens (tertiary/aromatic N) is 1. The van der Waals surface area contributed by atoms with Crippen LogP contribution in [-0.2, 0) is 6.42 Å². The first kappa shape index (κ1) is 14.4. The molecule has 1 aromatic carbocycles. The van der Waals surface area contributed by atoms with Gasteiger partial charge in [0.15, 0.2) is 0 Å². The molecule has 0 radical (unpaired) electrons. The minimum atomic E-state index is 0.226. The molecule has 0 fully saturated rings. The van der Waals surface area contributed by atoms with Gasteiger partial charge in [-0.1, -0.05) is 32.0 Å². The smallest absolute Gasteiger partial charge is 0.314 e. The molecule has 5 heteroatoms. The van der Waals surface area contributed by atoms with Crippen molar-refractivity contribution in [3.05, 3.63) is 40.5 Å². The average molecular weight is 266 g/mol. The van der Waals surface area contributed by atoms with Gasteiger partial charge in [0, 0.05) is 12.0 Å². The molecule has 0 atom stereocenters. The standard InChI is InChI=1S/C11H12N2O2S.C2H6/c1-2-14-9-6-4-3-5-8(9)7-10-12-11(16)15-13-10;1-2/h3-6H,2,7H2,1H3,(H,12,13,16);1-2H3. The van der Waals surface area contributed by atoms with E-state index >= 15 is 0 Å². The number of nitrogens with one attached hydrogen (secondary N) is 1. The lowest BCUT2D eigenvalue weighted by Gasteiger charge is -2.07. The maximum atomic E-state index is 5.52. The Kier molecular flexibility index (Phi) is 6.14. The number of ether oxygens (including phenoxy) is 1. The third-order valence-electron chi connectivity index (χ3n) is 2.11. The van der Waals surface area contributed by atoms with Crippen LogP contribution in [0, 0.1) is 4.84 Å². The third kappa shape index (κ3) is 4.00. The second-order valence-electron chi connectivity index (χ2n) is 3.25. The number of aromatic amines is 1. The van der Waals surface area contributed by atoms with Gasteiger partial charge in [0.1, 0.15) is 11.6 Å². The van der Waals surface area contributed by atoms with E-state index in [1.807, 2.05) is 45.0 Å². The highest BCUT2D eigenvalue weighted by molar-refractivity contribution is 7.71. The van der Waals surface area contributed by atoms with Crippen LogP contribution in [0.15, 0.2) is 28.8 Å². The molecule has 98 valence electrons. The Labute approximate surface area is 112 Å². The van der Waals surface area contributed by atoms with Gasteiger partial charge in [-0.15, -0.1) is 0 Å². The summed E-state index contributed by atoms with van der Waals surface area (Å²) in [5.41, 5.74) is 1.06. The van der Waals surface area contributed by atoms with E-state index in [2.05, 4.69) is 10.1 Å². The summed E-state index contributed by atoms with van der Waals surface area (Å²) >= 11 is 4.79. The van der Waals surface area contributed by atoms with Crippen LogP contribution in [0.1, 0.15) is 32.2 Å². The van der Waals surface area contributed by atoms with E-state index in [1.165, 1.54) is 0 Å². The van der Waals surface area contributed by atoms with Crippen molar-refractivity contribution < 1.29 is 9.26 Å². The van der Waals surface area contributed by atoms with Gasteiger partial charge in [-0.3, -0.25) is 0 Å². The molecule has 0 amide bonds. The molecule has 0 aliphatic heterocycles. The van der Waals surface area contributed by atoms with Gasteiger partial charge >= 0.3 is 4.84 Å². The molecule has 4 nitrogen and oxygen atoms in total. The zero-order chi connectivity index (χ0) is 13.4. The summed E-state index contributed by atoms with van der Waals surface area (Å²) < 4.78 is 10.4. The normalized spacial score (nSPS) is 9.50. The molecule has 1 N–H and O–H groups in total. The Hall–Kier alpha value is -1.62. The summed E-state index contributed by atoms with van der Waals surface area (Å²) in [6.45, 7) is 6.60. The molecule has 0 saturated heterocycles. The second-order valence-corrected chi connectivity index (χ2v) is 3.60. The fourth-order valence-electron chi connectivity index (χ4n) is 1.46. The van der Waals surface area contributed by atoms with Crippen molar-refractivity contribution in [2.75, 3.05) is 6.61 Å². The van der Waals surface area contributed by atoms with Crippen molar-refractivity contribution in [1.82, 2.24) is 10.1 Å². The van der Waals surface area contributed by atoms with E-state index in [4.69, 9.17) is 21.5 Å². The van der Waals surface area contributed by atoms with Crippen LogP contribution < -0.4 is 4.74 Å². The fourth-order valence-corrected chi connectivity index (χ4v) is 1.61. The quantitative estimate of drug-likeness (QED) is 0.856. The summed E-state index contributed by atoms with van der Waals surface area (Å²) in [6.07, 6.45) is 0.621. The average Bonchev–Trinajstić information content (AvgIpc) is 2.80. The first-order valence-electron chi connectivity index (χ1n) is 6.04. The summed E-state index contributed by atoms with van der Waals surface area (Å²) in [6, 6.07) is 7.84. The summed E-state index contributed by atoms with van der Waals surface area (Å²) in [5, 5.41) is 2.68. The number of hydrogen-bond donors (Lipinski definition) is 1. The summed E-state index contributed by atoms with van der Waals surface area (Å²) in [4.78, 5) is 4.27. The number of benzene rings is 1. The van der Waals surface area contributed by atoms with Crippen molar-refractivity contribution in [1.29, 1.82) is 0 Å². The number of rotatable bonds is 4. The minimum Gasteiger partial charge on any atom is -0.494 e. The van der Waals surface area contributed by atoms with Crippen LogP contribution in [-0.4, -0.2) is 16.7 Å². The predicted molar refractivity (Wildman–Crippen MR) is 73.5 cm³/mol. The lowest BCUT2D eigenvalue weighted by molar-refractivity contribution is 0.336. The highest BCUT2D eigenvalue weighted by Crippen LogP contribution is 2.20. The Bertz CT molecular complexity index is 519. The van der Waals surface area contributed by atoms with Crippen molar-refractivity contribution >= 4 is 12.2 Å². The SMILES string of the molecule is CC.CCOc1ccccc1Cc1nc(=S)o[nH]1. The molecule has 1 aromatic heterocycles. The highest BCUT2D eigenvalue weighted by Gasteiger charge is 2.06. The van der Waals surface area contributed by atoms with E-state index in [0.717, 1.165) is 11.3 Å². The van der Waals surface area contributed by atoms with Crippen molar-refractivity contribution in [3.8, 4) is 5.75 Å². The zero-order valence-electron chi connectivity index (χ0n) is 10.9. The molecule has 18 heavy (non-hydrogen) atoms. The third-order valence-corrected chi connectivity index (χ3v) is 2.29. The van der Waals surface area contributed by atoms with Gasteiger partial charge in [-0.25, -0.2) is 5.16 Å². The fraction of sp³-hybridized carbons (Fsp3) is 0.385. The molecule has 1 heterocycles. The molecule has 2 aromatic rings. The second kappa shape index (κ2) is 7.66. The van der Waals surface area contributed by atoms with Crippen LogP contribution in [0.5, 0.6) is 5.75 Å². The van der Waals surface area contributed by atoms with Crippen LogP contribution in [0.4, 0.5) is 0 Å². The lowest BCUT2D eigenvalue weighted by atomic mass is 10.1. The molecule has 0 aliphatic rings. The highest BCUT2D eigenvalue weighted by atomic mass is 32.1. The van der Waals surface area contributed by atoms with E-state index < -0.39 is 0 Å².